The third-order valence-electron chi connectivity index (χ3n) is 3.64. The maximum Gasteiger partial charge on any atom is 0.183 e. The SMILES string of the molecule is Nc1nc(-c2ccoc2COCc2ccccc2)nc2nc[nH]c12. The molecule has 0 unspecified atom stereocenters. The van der Waals surface area contributed by atoms with Gasteiger partial charge in [0.05, 0.1) is 24.8 Å². The molecule has 3 N–H and O–H groups in total. The van der Waals surface area contributed by atoms with Gasteiger partial charge < -0.3 is 19.9 Å². The van der Waals surface area contributed by atoms with Gasteiger partial charge >= 0.3 is 0 Å². The van der Waals surface area contributed by atoms with Gasteiger partial charge in [0.25, 0.3) is 0 Å². The van der Waals surface area contributed by atoms with Gasteiger partial charge in [0.2, 0.25) is 0 Å². The first-order valence-corrected chi connectivity index (χ1v) is 7.46. The normalized spacial score (nSPS) is 11.2. The first-order valence-electron chi connectivity index (χ1n) is 7.46. The first-order chi connectivity index (χ1) is 11.8. The monoisotopic (exact) mass is 321 g/mol. The van der Waals surface area contributed by atoms with Crippen molar-refractivity contribution in [3.05, 3.63) is 60.3 Å². The summed E-state index contributed by atoms with van der Waals surface area (Å²) in [5.74, 6) is 1.48. The van der Waals surface area contributed by atoms with Crippen LogP contribution in [0.1, 0.15) is 11.3 Å². The molecule has 7 nitrogen and oxygen atoms in total. The van der Waals surface area contributed by atoms with Gasteiger partial charge in [-0.25, -0.2) is 15.0 Å². The highest BCUT2D eigenvalue weighted by molar-refractivity contribution is 5.83. The summed E-state index contributed by atoms with van der Waals surface area (Å²) in [5, 5.41) is 0. The van der Waals surface area contributed by atoms with Crippen LogP contribution in [0, 0.1) is 0 Å². The molecule has 0 atom stereocenters. The van der Waals surface area contributed by atoms with E-state index in [1.54, 1.807) is 18.7 Å². The van der Waals surface area contributed by atoms with E-state index < -0.39 is 0 Å². The maximum atomic E-state index is 5.95. The average Bonchev–Trinajstić information content (AvgIpc) is 3.25. The molecule has 0 spiro atoms. The smallest absolute Gasteiger partial charge is 0.183 e. The number of aromatic amines is 1. The van der Waals surface area contributed by atoms with Crippen LogP contribution in [-0.2, 0) is 18.0 Å². The number of hydrogen-bond donors (Lipinski definition) is 2. The number of imidazole rings is 1. The number of nitrogens with one attached hydrogen (secondary N) is 1. The molecule has 120 valence electrons. The number of nitrogens with zero attached hydrogens (tertiary/aromatic N) is 3. The second-order valence-electron chi connectivity index (χ2n) is 5.27. The van der Waals surface area contributed by atoms with Crippen molar-refractivity contribution in [3.63, 3.8) is 0 Å². The van der Waals surface area contributed by atoms with Crippen LogP contribution in [0.25, 0.3) is 22.6 Å². The third kappa shape index (κ3) is 2.72. The van der Waals surface area contributed by atoms with E-state index >= 15 is 0 Å². The number of fused-ring (bicyclic) bond motifs is 1. The van der Waals surface area contributed by atoms with Crippen molar-refractivity contribution in [2.24, 2.45) is 0 Å². The molecule has 3 aromatic heterocycles. The summed E-state index contributed by atoms with van der Waals surface area (Å²) < 4.78 is 11.2. The van der Waals surface area contributed by atoms with E-state index in [-0.39, 0.29) is 0 Å². The van der Waals surface area contributed by atoms with Gasteiger partial charge in [0.1, 0.15) is 17.9 Å². The van der Waals surface area contributed by atoms with Crippen molar-refractivity contribution in [2.75, 3.05) is 5.73 Å². The summed E-state index contributed by atoms with van der Waals surface area (Å²) >= 11 is 0. The first kappa shape index (κ1) is 14.4. The Balaban J connectivity index is 1.55. The zero-order valence-corrected chi connectivity index (χ0v) is 12.8. The molecule has 0 saturated carbocycles. The highest BCUT2D eigenvalue weighted by Crippen LogP contribution is 2.25. The predicted octanol–water partition coefficient (Wildman–Crippen LogP) is 2.91. The lowest BCUT2D eigenvalue weighted by molar-refractivity contribution is 0.0933. The van der Waals surface area contributed by atoms with Crippen molar-refractivity contribution in [1.29, 1.82) is 0 Å². The Morgan fingerprint density at radius 2 is 1.96 bits per heavy atom. The summed E-state index contributed by atoms with van der Waals surface area (Å²) in [6.07, 6.45) is 3.13. The van der Waals surface area contributed by atoms with Gasteiger partial charge in [-0.2, -0.15) is 0 Å². The Labute approximate surface area is 137 Å². The molecule has 3 heterocycles. The summed E-state index contributed by atoms with van der Waals surface area (Å²) in [4.78, 5) is 15.8. The zero-order valence-electron chi connectivity index (χ0n) is 12.8. The maximum absolute atomic E-state index is 5.95. The van der Waals surface area contributed by atoms with Gasteiger partial charge in [0.15, 0.2) is 17.3 Å². The van der Waals surface area contributed by atoms with Crippen molar-refractivity contribution >= 4 is 17.0 Å². The lowest BCUT2D eigenvalue weighted by Crippen LogP contribution is -1.99. The van der Waals surface area contributed by atoms with Crippen molar-refractivity contribution < 1.29 is 9.15 Å². The molecule has 0 aliphatic heterocycles. The number of benzene rings is 1. The molecule has 1 aromatic carbocycles. The Morgan fingerprint density at radius 3 is 2.83 bits per heavy atom. The van der Waals surface area contributed by atoms with Gasteiger partial charge in [-0.3, -0.25) is 0 Å². The molecule has 0 saturated heterocycles. The number of anilines is 1. The van der Waals surface area contributed by atoms with E-state index in [1.165, 1.54) is 0 Å². The average molecular weight is 321 g/mol. The molecule has 0 bridgehead atoms. The highest BCUT2D eigenvalue weighted by atomic mass is 16.5. The number of rotatable bonds is 5. The zero-order chi connectivity index (χ0) is 16.4. The van der Waals surface area contributed by atoms with Crippen LogP contribution in [0.4, 0.5) is 5.82 Å². The number of H-pyrrole nitrogens is 1. The Hall–Kier alpha value is -3.19. The number of aromatic nitrogens is 4. The van der Waals surface area contributed by atoms with Gasteiger partial charge in [-0.15, -0.1) is 0 Å². The minimum Gasteiger partial charge on any atom is -0.466 e. The van der Waals surface area contributed by atoms with Crippen LogP contribution in [0.15, 0.2) is 53.4 Å². The Kier molecular flexibility index (Phi) is 3.68. The molecule has 0 aliphatic rings. The van der Waals surface area contributed by atoms with Crippen molar-refractivity contribution in [2.45, 2.75) is 13.2 Å². The van der Waals surface area contributed by atoms with E-state index in [0.717, 1.165) is 11.1 Å². The summed E-state index contributed by atoms with van der Waals surface area (Å²) in [7, 11) is 0. The van der Waals surface area contributed by atoms with Gasteiger partial charge in [-0.1, -0.05) is 30.3 Å². The van der Waals surface area contributed by atoms with E-state index in [1.807, 2.05) is 30.3 Å². The highest BCUT2D eigenvalue weighted by Gasteiger charge is 2.15. The quantitative estimate of drug-likeness (QED) is 0.586. The van der Waals surface area contributed by atoms with Crippen molar-refractivity contribution in [3.8, 4) is 11.4 Å². The van der Waals surface area contributed by atoms with Crippen LogP contribution < -0.4 is 5.73 Å². The van der Waals surface area contributed by atoms with Crippen LogP contribution in [-0.4, -0.2) is 19.9 Å². The predicted molar refractivity (Wildman–Crippen MR) is 88.7 cm³/mol. The molecule has 7 heteroatoms. The molecule has 24 heavy (non-hydrogen) atoms. The lowest BCUT2D eigenvalue weighted by atomic mass is 10.2. The number of nitrogen functional groups attached to an aromatic ring is 1. The largest absolute Gasteiger partial charge is 0.466 e. The van der Waals surface area contributed by atoms with Crippen LogP contribution in [0.3, 0.4) is 0 Å². The minimum absolute atomic E-state index is 0.319. The minimum atomic E-state index is 0.319. The van der Waals surface area contributed by atoms with Crippen LogP contribution in [0.5, 0.6) is 0 Å². The molecular formula is C17H15N5O2. The van der Waals surface area contributed by atoms with Gasteiger partial charge in [0, 0.05) is 0 Å². The van der Waals surface area contributed by atoms with Crippen molar-refractivity contribution in [1.82, 2.24) is 19.9 Å². The lowest BCUT2D eigenvalue weighted by Gasteiger charge is -2.05. The number of nitrogens with two attached hydrogens (primary N) is 1. The molecule has 4 rings (SSSR count). The van der Waals surface area contributed by atoms with Crippen LogP contribution in [0.2, 0.25) is 0 Å². The van der Waals surface area contributed by atoms with E-state index in [4.69, 9.17) is 14.9 Å². The Morgan fingerprint density at radius 1 is 1.08 bits per heavy atom. The van der Waals surface area contributed by atoms with E-state index in [0.29, 0.717) is 41.8 Å². The molecular weight excluding hydrogens is 306 g/mol. The number of ether oxygens (including phenoxy) is 1. The molecule has 0 radical (unpaired) electrons. The topological polar surface area (TPSA) is 103 Å². The third-order valence-corrected chi connectivity index (χ3v) is 3.64. The Bertz CT molecular complexity index is 961. The second kappa shape index (κ2) is 6.13. The second-order valence-corrected chi connectivity index (χ2v) is 5.27. The molecule has 0 fully saturated rings. The van der Waals surface area contributed by atoms with E-state index in [2.05, 4.69) is 19.9 Å². The summed E-state index contributed by atoms with van der Waals surface area (Å²) in [6.45, 7) is 0.821. The fraction of sp³-hybridized carbons (Fsp3) is 0.118. The summed E-state index contributed by atoms with van der Waals surface area (Å²) in [6, 6.07) is 11.8. The van der Waals surface area contributed by atoms with Gasteiger partial charge in [-0.05, 0) is 11.6 Å². The number of hydrogen-bond acceptors (Lipinski definition) is 6. The van der Waals surface area contributed by atoms with E-state index in [9.17, 15) is 0 Å². The fourth-order valence-electron chi connectivity index (χ4n) is 2.46. The standard InChI is InChI=1S/C17H15N5O2/c18-15-14-17(20-10-19-14)22-16(21-15)12-6-7-24-13(12)9-23-8-11-4-2-1-3-5-11/h1-7,10H,8-9H2,(H3,18,19,20,21,22). The summed E-state index contributed by atoms with van der Waals surface area (Å²) in [5.41, 5.74) is 8.95. The van der Waals surface area contributed by atoms with Crippen LogP contribution >= 0.6 is 0 Å². The molecule has 0 amide bonds. The fourth-order valence-corrected chi connectivity index (χ4v) is 2.46. The molecule has 4 aromatic rings. The number of furan rings is 1. The molecule has 0 aliphatic carbocycles.